The van der Waals surface area contributed by atoms with E-state index in [2.05, 4.69) is 31.9 Å². The Bertz CT molecular complexity index is 1260. The number of likely N-dealkylation sites (N-methyl/N-ethyl adjacent to an activating group) is 2. The molecule has 18 heteroatoms. The van der Waals surface area contributed by atoms with Crippen molar-refractivity contribution in [1.29, 1.82) is 0 Å². The molecule has 1 fully saturated rings. The first kappa shape index (κ1) is 49.1. The fourth-order valence-electron chi connectivity index (χ4n) is 5.94. The monoisotopic (exact) mass is 789 g/mol. The van der Waals surface area contributed by atoms with Crippen molar-refractivity contribution in [2.45, 2.75) is 116 Å². The van der Waals surface area contributed by atoms with Gasteiger partial charge in [-0.05, 0) is 66.0 Å². The zero-order valence-electron chi connectivity index (χ0n) is 33.9. The topological polar surface area (TPSA) is 206 Å². The van der Waals surface area contributed by atoms with Crippen molar-refractivity contribution in [3.63, 3.8) is 0 Å². The molecule has 0 aliphatic heterocycles. The van der Waals surface area contributed by atoms with Crippen LogP contribution in [-0.4, -0.2) is 131 Å². The number of alkyl halides is 2. The highest BCUT2D eigenvalue weighted by Gasteiger charge is 2.34. The van der Waals surface area contributed by atoms with Gasteiger partial charge in [-0.3, -0.25) is 19.2 Å². The lowest BCUT2D eigenvalue weighted by atomic mass is 9.83. The van der Waals surface area contributed by atoms with Crippen molar-refractivity contribution in [2.24, 2.45) is 17.8 Å². The lowest BCUT2D eigenvalue weighted by molar-refractivity contribution is -0.139. The molecule has 0 bridgehead atoms. The van der Waals surface area contributed by atoms with E-state index >= 15 is 0 Å². The molecule has 0 heterocycles. The Hall–Kier alpha value is -3.90. The molecule has 0 aromatic rings. The molecule has 0 radical (unpaired) electrons. The Balaban J connectivity index is 3.12. The van der Waals surface area contributed by atoms with Crippen LogP contribution in [-0.2, 0) is 38.2 Å². The number of carbonyl (C=O) groups is 6. The molecule has 1 saturated carbocycles. The molecule has 6 N–H and O–H groups in total. The molecule has 5 unspecified atom stereocenters. The van der Waals surface area contributed by atoms with E-state index in [4.69, 9.17) is 14.2 Å². The maximum Gasteiger partial charge on any atom is 0.407 e. The molecule has 0 saturated heterocycles. The van der Waals surface area contributed by atoms with Crippen LogP contribution in [0.15, 0.2) is 12.5 Å². The number of alkyl carbamates (subject to hydrolysis) is 1. The van der Waals surface area contributed by atoms with Gasteiger partial charge in [-0.2, -0.15) is 0 Å². The third kappa shape index (κ3) is 19.5. The number of hydrogen-bond acceptors (Lipinski definition) is 11. The second-order valence-corrected chi connectivity index (χ2v) is 15.4. The number of aldehydes is 1. The van der Waals surface area contributed by atoms with Crippen LogP contribution in [0.1, 0.15) is 80.1 Å². The number of nitrogens with zero attached hydrogens (tertiary/aromatic N) is 1. The van der Waals surface area contributed by atoms with Gasteiger partial charge < -0.3 is 55.8 Å². The van der Waals surface area contributed by atoms with Crippen LogP contribution < -0.4 is 31.9 Å². The quantitative estimate of drug-likeness (QED) is 0.0615. The molecule has 0 aromatic heterocycles. The van der Waals surface area contributed by atoms with E-state index in [0.29, 0.717) is 6.42 Å². The summed E-state index contributed by atoms with van der Waals surface area (Å²) in [6, 6.07) is -4.17. The largest absolute Gasteiger partial charge is 0.499 e. The lowest BCUT2D eigenvalue weighted by Gasteiger charge is -2.31. The average molecular weight is 790 g/mol. The van der Waals surface area contributed by atoms with Crippen LogP contribution in [0, 0.1) is 17.8 Å². The van der Waals surface area contributed by atoms with Crippen LogP contribution >= 0.6 is 0 Å². The molecular weight excluding hydrogens is 724 g/mol. The first-order valence-corrected chi connectivity index (χ1v) is 18.9. The number of amides is 5. The normalized spacial score (nSPS) is 16.7. The fraction of sp³-hybridized carbons (Fsp3) is 0.784. The van der Waals surface area contributed by atoms with Gasteiger partial charge in [0, 0.05) is 13.2 Å². The van der Waals surface area contributed by atoms with Crippen molar-refractivity contribution in [3.8, 4) is 0 Å². The van der Waals surface area contributed by atoms with Gasteiger partial charge in [0.05, 0.1) is 50.6 Å². The second-order valence-electron chi connectivity index (χ2n) is 15.4. The fourth-order valence-corrected chi connectivity index (χ4v) is 5.94. The Labute approximate surface area is 324 Å². The molecular formula is C37H65F2N7O9. The summed E-state index contributed by atoms with van der Waals surface area (Å²) >= 11 is 0. The summed E-state index contributed by atoms with van der Waals surface area (Å²) in [5.74, 6) is -6.30. The number of carbonyl (C=O) groups excluding carboxylic acids is 6. The smallest absolute Gasteiger partial charge is 0.407 e. The highest BCUT2D eigenvalue weighted by atomic mass is 19.3. The lowest BCUT2D eigenvalue weighted by Crippen LogP contribution is -2.60. The van der Waals surface area contributed by atoms with Crippen LogP contribution in [0.3, 0.4) is 0 Å². The molecule has 16 nitrogen and oxygen atoms in total. The third-order valence-electron chi connectivity index (χ3n) is 8.74. The van der Waals surface area contributed by atoms with Gasteiger partial charge in [-0.25, -0.2) is 13.6 Å². The predicted molar refractivity (Wildman–Crippen MR) is 202 cm³/mol. The predicted octanol–water partition coefficient (Wildman–Crippen LogP) is 1.83. The Morgan fingerprint density at radius 1 is 0.909 bits per heavy atom. The van der Waals surface area contributed by atoms with Gasteiger partial charge in [-0.15, -0.1) is 0 Å². The molecule has 5 atom stereocenters. The third-order valence-corrected chi connectivity index (χ3v) is 8.74. The van der Waals surface area contributed by atoms with E-state index in [9.17, 15) is 37.5 Å². The van der Waals surface area contributed by atoms with Crippen LogP contribution in [0.4, 0.5) is 13.6 Å². The summed E-state index contributed by atoms with van der Waals surface area (Å²) in [6.45, 7) is 7.51. The van der Waals surface area contributed by atoms with E-state index in [0.717, 1.165) is 50.9 Å². The summed E-state index contributed by atoms with van der Waals surface area (Å²) in [6.07, 6.45) is 7.17. The number of rotatable bonds is 24. The van der Waals surface area contributed by atoms with E-state index in [1.807, 2.05) is 13.8 Å². The van der Waals surface area contributed by atoms with E-state index in [1.54, 1.807) is 41.8 Å². The minimum Gasteiger partial charge on any atom is -0.499 e. The van der Waals surface area contributed by atoms with Crippen LogP contribution in [0.2, 0.25) is 0 Å². The number of halogens is 2. The molecule has 5 amide bonds. The van der Waals surface area contributed by atoms with Gasteiger partial charge in [-0.1, -0.05) is 40.0 Å². The van der Waals surface area contributed by atoms with Crippen molar-refractivity contribution >= 4 is 36.0 Å². The zero-order chi connectivity index (χ0) is 41.8. The van der Waals surface area contributed by atoms with Crippen molar-refractivity contribution in [1.82, 2.24) is 36.8 Å². The van der Waals surface area contributed by atoms with E-state index < -0.39 is 91.7 Å². The molecule has 316 valence electrons. The van der Waals surface area contributed by atoms with E-state index in [-0.39, 0.29) is 24.3 Å². The van der Waals surface area contributed by atoms with Gasteiger partial charge in [0.1, 0.15) is 30.6 Å². The average Bonchev–Trinajstić information content (AvgIpc) is 3.10. The maximum absolute atomic E-state index is 14.2. The van der Waals surface area contributed by atoms with Gasteiger partial charge in [0.25, 0.3) is 5.92 Å². The Kier molecular flexibility index (Phi) is 22.0. The summed E-state index contributed by atoms with van der Waals surface area (Å²) in [4.78, 5) is 78.7. The highest BCUT2D eigenvalue weighted by molar-refractivity contribution is 5.93. The number of ether oxygens (including phenoxy) is 3. The second kappa shape index (κ2) is 24.6. The van der Waals surface area contributed by atoms with Crippen LogP contribution in [0.25, 0.3) is 0 Å². The molecule has 0 aromatic carbocycles. The van der Waals surface area contributed by atoms with Gasteiger partial charge >= 0.3 is 6.09 Å². The number of nitrogens with one attached hydrogen (secondary N) is 6. The van der Waals surface area contributed by atoms with Crippen LogP contribution in [0.5, 0.6) is 0 Å². The zero-order valence-corrected chi connectivity index (χ0v) is 33.9. The minimum absolute atomic E-state index is 0.0154. The molecule has 1 rings (SSSR count). The molecule has 55 heavy (non-hydrogen) atoms. The highest BCUT2D eigenvalue weighted by Crippen LogP contribution is 2.26. The minimum atomic E-state index is -3.29. The van der Waals surface area contributed by atoms with Crippen molar-refractivity contribution in [2.75, 3.05) is 54.1 Å². The van der Waals surface area contributed by atoms with E-state index in [1.165, 1.54) is 11.9 Å². The first-order valence-electron chi connectivity index (χ1n) is 18.9. The molecule has 1 aliphatic carbocycles. The summed E-state index contributed by atoms with van der Waals surface area (Å²) in [5, 5.41) is 15.3. The Morgan fingerprint density at radius 2 is 1.55 bits per heavy atom. The summed E-state index contributed by atoms with van der Waals surface area (Å²) < 4.78 is 44.2. The van der Waals surface area contributed by atoms with Crippen molar-refractivity contribution in [3.05, 3.63) is 12.5 Å². The standard InChI is InChI=1S/C37H65F2N7O9/c1-24(2)17-27(19-47)46(9)34(51)25(3)20-53-16-15-42-31(48)29(21-54-23-37(38,39)22-40-7)45-32(49)28(18-43-35(52)55-36(4,5)6)44-33(50)30(41-8)26-13-11-10-12-14-26/h15-16,19,24-30,40-41H,10-14,17-18,20-23H2,1-9H3,(H,42,48)(H,43,52)(H,44,50)(H,45,49)/b16-15-. The maximum atomic E-state index is 14.2. The number of hydrogen-bond donors (Lipinski definition) is 6. The summed E-state index contributed by atoms with van der Waals surface area (Å²) in [5.41, 5.74) is -0.854. The SMILES string of the molecule is CNCC(F)(F)COCC(NC(=O)C(CNC(=O)OC(C)(C)C)NC(=O)C(NC)C1CCCCC1)C(=O)N/C=C\OCC(C)C(=O)N(C)C(C=O)CC(C)C. The molecule has 0 spiro atoms. The molecule has 1 aliphatic rings. The van der Waals surface area contributed by atoms with Crippen molar-refractivity contribution < 1.29 is 51.8 Å². The first-order chi connectivity index (χ1) is 25.7. The summed E-state index contributed by atoms with van der Waals surface area (Å²) in [7, 11) is 4.52. The van der Waals surface area contributed by atoms with Gasteiger partial charge in [0.2, 0.25) is 23.6 Å². The Morgan fingerprint density at radius 3 is 2.11 bits per heavy atom. The van der Waals surface area contributed by atoms with Gasteiger partial charge in [0.15, 0.2) is 0 Å².